The van der Waals surface area contributed by atoms with Crippen LogP contribution in [0.2, 0.25) is 0 Å². The third-order valence-electron chi connectivity index (χ3n) is 1.34. The summed E-state index contributed by atoms with van der Waals surface area (Å²) in [5.41, 5.74) is 2.62. The molecule has 0 rings (SSSR count). The minimum atomic E-state index is 1.30. The van der Waals surface area contributed by atoms with Gasteiger partial charge < -0.3 is 0 Å². The van der Waals surface area contributed by atoms with Crippen LogP contribution in [0.1, 0.15) is 27.7 Å². The minimum absolute atomic E-state index is 1.30. The zero-order chi connectivity index (χ0) is 7.98. The van der Waals surface area contributed by atoms with Gasteiger partial charge in [0.25, 0.3) is 0 Å². The molecule has 0 nitrogen and oxygen atoms in total. The highest BCUT2D eigenvalue weighted by Crippen LogP contribution is 2.01. The number of hydrogen-bond donors (Lipinski definition) is 0. The van der Waals surface area contributed by atoms with E-state index in [4.69, 9.17) is 0 Å². The normalized spacial score (nSPS) is 14.8. The average Bonchev–Trinajstić information content (AvgIpc) is 1.88. The molecule has 0 aliphatic carbocycles. The van der Waals surface area contributed by atoms with Gasteiger partial charge >= 0.3 is 0 Å². The first kappa shape index (κ1) is 9.22. The molecule has 0 aliphatic heterocycles. The van der Waals surface area contributed by atoms with Gasteiger partial charge in [-0.05, 0) is 27.7 Å². The lowest BCUT2D eigenvalue weighted by atomic mass is 10.2. The van der Waals surface area contributed by atoms with Crippen molar-refractivity contribution < 1.29 is 0 Å². The average molecular weight is 136 g/mol. The van der Waals surface area contributed by atoms with E-state index >= 15 is 0 Å². The Morgan fingerprint density at radius 2 is 1.60 bits per heavy atom. The zero-order valence-electron chi connectivity index (χ0n) is 7.31. The maximum absolute atomic E-state index is 2.17. The standard InChI is InChI=1S/C10H16/c1-5-7-10(4)8-9(3)6-2/h5-8H,1-4H3. The molecule has 0 spiro atoms. The summed E-state index contributed by atoms with van der Waals surface area (Å²) in [7, 11) is 0. The van der Waals surface area contributed by atoms with Gasteiger partial charge in [0, 0.05) is 0 Å². The Morgan fingerprint density at radius 3 is 2.00 bits per heavy atom. The highest BCUT2D eigenvalue weighted by atomic mass is 13.9. The molecular weight excluding hydrogens is 120 g/mol. The second kappa shape index (κ2) is 5.04. The van der Waals surface area contributed by atoms with E-state index in [1.807, 2.05) is 6.92 Å². The Bertz CT molecular complexity index is 168. The zero-order valence-corrected chi connectivity index (χ0v) is 7.31. The van der Waals surface area contributed by atoms with E-state index < -0.39 is 0 Å². The van der Waals surface area contributed by atoms with Gasteiger partial charge in [0.05, 0.1) is 0 Å². The first-order valence-electron chi connectivity index (χ1n) is 3.64. The van der Waals surface area contributed by atoms with Crippen LogP contribution in [0.3, 0.4) is 0 Å². The van der Waals surface area contributed by atoms with Crippen molar-refractivity contribution in [3.63, 3.8) is 0 Å². The predicted molar refractivity (Wildman–Crippen MR) is 48.0 cm³/mol. The fraction of sp³-hybridized carbons (Fsp3) is 0.400. The van der Waals surface area contributed by atoms with Crippen LogP contribution in [0.15, 0.2) is 35.5 Å². The molecular formula is C10H16. The Kier molecular flexibility index (Phi) is 4.65. The summed E-state index contributed by atoms with van der Waals surface area (Å²) < 4.78 is 0. The van der Waals surface area contributed by atoms with E-state index in [9.17, 15) is 0 Å². The van der Waals surface area contributed by atoms with Crippen LogP contribution in [-0.2, 0) is 0 Å². The lowest BCUT2D eigenvalue weighted by Gasteiger charge is -1.91. The molecule has 0 aliphatic rings. The molecule has 0 radical (unpaired) electrons. The van der Waals surface area contributed by atoms with Crippen LogP contribution >= 0.6 is 0 Å². The second-order valence-electron chi connectivity index (χ2n) is 2.42. The first-order chi connectivity index (χ1) is 4.70. The Balaban J connectivity index is 4.16. The molecule has 56 valence electrons. The smallest absolute Gasteiger partial charge is 0.0398 e. The van der Waals surface area contributed by atoms with Gasteiger partial charge in [-0.1, -0.05) is 35.5 Å². The van der Waals surface area contributed by atoms with Crippen LogP contribution < -0.4 is 0 Å². The maximum atomic E-state index is 2.17. The van der Waals surface area contributed by atoms with Gasteiger partial charge in [0.2, 0.25) is 0 Å². The van der Waals surface area contributed by atoms with Crippen molar-refractivity contribution in [2.75, 3.05) is 0 Å². The summed E-state index contributed by atoms with van der Waals surface area (Å²) in [6, 6.07) is 0. The fourth-order valence-corrected chi connectivity index (χ4v) is 0.753. The van der Waals surface area contributed by atoms with Crippen molar-refractivity contribution in [3.05, 3.63) is 35.5 Å². The highest BCUT2D eigenvalue weighted by Gasteiger charge is 1.80. The van der Waals surface area contributed by atoms with Gasteiger partial charge in [-0.3, -0.25) is 0 Å². The Hall–Kier alpha value is -0.780. The van der Waals surface area contributed by atoms with Crippen molar-refractivity contribution in [2.24, 2.45) is 0 Å². The number of hydrogen-bond acceptors (Lipinski definition) is 0. The van der Waals surface area contributed by atoms with E-state index in [1.165, 1.54) is 11.1 Å². The molecule has 0 N–H and O–H groups in total. The monoisotopic (exact) mass is 136 g/mol. The maximum Gasteiger partial charge on any atom is -0.0398 e. The van der Waals surface area contributed by atoms with Gasteiger partial charge in [0.1, 0.15) is 0 Å². The van der Waals surface area contributed by atoms with Gasteiger partial charge in [-0.15, -0.1) is 0 Å². The fourth-order valence-electron chi connectivity index (χ4n) is 0.753. The molecule has 0 aromatic carbocycles. The topological polar surface area (TPSA) is 0 Å². The van der Waals surface area contributed by atoms with Gasteiger partial charge in [0.15, 0.2) is 0 Å². The van der Waals surface area contributed by atoms with E-state index in [0.717, 1.165) is 0 Å². The van der Waals surface area contributed by atoms with Crippen molar-refractivity contribution in [3.8, 4) is 0 Å². The van der Waals surface area contributed by atoms with Crippen LogP contribution in [-0.4, -0.2) is 0 Å². The Labute approximate surface area is 64.0 Å². The minimum Gasteiger partial charge on any atom is -0.0874 e. The lowest BCUT2D eigenvalue weighted by molar-refractivity contribution is 1.41. The largest absolute Gasteiger partial charge is 0.0874 e. The molecule has 10 heavy (non-hydrogen) atoms. The van der Waals surface area contributed by atoms with Gasteiger partial charge in [-0.25, -0.2) is 0 Å². The molecule has 0 bridgehead atoms. The van der Waals surface area contributed by atoms with Gasteiger partial charge in [-0.2, -0.15) is 0 Å². The van der Waals surface area contributed by atoms with E-state index in [0.29, 0.717) is 0 Å². The van der Waals surface area contributed by atoms with Crippen LogP contribution in [0.4, 0.5) is 0 Å². The third-order valence-corrected chi connectivity index (χ3v) is 1.34. The molecule has 0 unspecified atom stereocenters. The summed E-state index contributed by atoms with van der Waals surface area (Å²) in [5, 5.41) is 0. The van der Waals surface area contributed by atoms with Crippen molar-refractivity contribution in [1.82, 2.24) is 0 Å². The molecule has 0 atom stereocenters. The molecule has 0 heterocycles. The summed E-state index contributed by atoms with van der Waals surface area (Å²) in [6.07, 6.45) is 8.43. The van der Waals surface area contributed by atoms with E-state index in [1.54, 1.807) is 0 Å². The lowest BCUT2D eigenvalue weighted by Crippen LogP contribution is -1.70. The number of rotatable bonds is 2. The van der Waals surface area contributed by atoms with Crippen molar-refractivity contribution in [1.29, 1.82) is 0 Å². The predicted octanol–water partition coefficient (Wildman–Crippen LogP) is 3.48. The van der Waals surface area contributed by atoms with Crippen LogP contribution in [0.25, 0.3) is 0 Å². The van der Waals surface area contributed by atoms with E-state index in [2.05, 4.69) is 45.1 Å². The highest BCUT2D eigenvalue weighted by molar-refractivity contribution is 5.26. The number of allylic oxidation sites excluding steroid dienone is 6. The molecule has 0 aromatic rings. The summed E-state index contributed by atoms with van der Waals surface area (Å²) in [5.74, 6) is 0. The molecule has 0 fully saturated rings. The molecule has 0 aromatic heterocycles. The van der Waals surface area contributed by atoms with Crippen LogP contribution in [0.5, 0.6) is 0 Å². The SMILES string of the molecule is CC=CC(C)=CC(C)=CC. The van der Waals surface area contributed by atoms with E-state index in [-0.39, 0.29) is 0 Å². The molecule has 0 heteroatoms. The molecule has 0 saturated heterocycles. The molecule has 0 saturated carbocycles. The van der Waals surface area contributed by atoms with Crippen LogP contribution in [0, 0.1) is 0 Å². The van der Waals surface area contributed by atoms with Crippen molar-refractivity contribution in [2.45, 2.75) is 27.7 Å². The summed E-state index contributed by atoms with van der Waals surface area (Å²) in [6.45, 7) is 8.29. The third kappa shape index (κ3) is 4.13. The second-order valence-corrected chi connectivity index (χ2v) is 2.42. The Morgan fingerprint density at radius 1 is 1.00 bits per heavy atom. The quantitative estimate of drug-likeness (QED) is 0.510. The summed E-state index contributed by atoms with van der Waals surface area (Å²) in [4.78, 5) is 0. The van der Waals surface area contributed by atoms with Crippen molar-refractivity contribution >= 4 is 0 Å². The summed E-state index contributed by atoms with van der Waals surface area (Å²) >= 11 is 0. The molecule has 0 amide bonds. The first-order valence-corrected chi connectivity index (χ1v) is 3.64.